The summed E-state index contributed by atoms with van der Waals surface area (Å²) in [6, 6.07) is 17.4. The lowest BCUT2D eigenvalue weighted by Crippen LogP contribution is -2.51. The van der Waals surface area contributed by atoms with Gasteiger partial charge in [0.2, 0.25) is 5.75 Å². The average Bonchev–Trinajstić information content (AvgIpc) is 3.17. The van der Waals surface area contributed by atoms with Gasteiger partial charge in [0, 0.05) is 36.6 Å². The van der Waals surface area contributed by atoms with Crippen molar-refractivity contribution in [2.45, 2.75) is 57.3 Å². The van der Waals surface area contributed by atoms with Crippen molar-refractivity contribution in [1.82, 2.24) is 14.9 Å². The molecule has 4 aromatic rings. The third-order valence-electron chi connectivity index (χ3n) is 9.37. The van der Waals surface area contributed by atoms with Gasteiger partial charge in [0.25, 0.3) is 11.7 Å². The first-order valence-electron chi connectivity index (χ1n) is 16.8. The number of ether oxygens (including phenoxy) is 5. The molecule has 0 spiro atoms. The molecule has 2 aromatic carbocycles. The van der Waals surface area contributed by atoms with E-state index < -0.39 is 29.8 Å². The Balaban J connectivity index is 1.26. The highest BCUT2D eigenvalue weighted by molar-refractivity contribution is 6.43. The Morgan fingerprint density at radius 1 is 0.880 bits per heavy atom. The predicted octanol–water partition coefficient (Wildman–Crippen LogP) is 5.73. The average molecular weight is 680 g/mol. The number of ketones is 1. The quantitative estimate of drug-likeness (QED) is 0.104. The van der Waals surface area contributed by atoms with E-state index in [2.05, 4.69) is 9.97 Å². The number of amides is 1. The molecule has 260 valence electrons. The topological polar surface area (TPSA) is 126 Å². The van der Waals surface area contributed by atoms with E-state index in [0.29, 0.717) is 43.8 Å². The van der Waals surface area contributed by atoms with Crippen molar-refractivity contribution < 1.29 is 38.1 Å². The van der Waals surface area contributed by atoms with Gasteiger partial charge in [-0.05, 0) is 97.7 Å². The summed E-state index contributed by atoms with van der Waals surface area (Å²) in [6.07, 6.45) is 8.69. The summed E-state index contributed by atoms with van der Waals surface area (Å²) in [5, 5.41) is 0. The fourth-order valence-corrected chi connectivity index (χ4v) is 6.82. The molecule has 1 aliphatic carbocycles. The van der Waals surface area contributed by atoms with E-state index in [1.54, 1.807) is 12.4 Å². The first-order chi connectivity index (χ1) is 24.4. The van der Waals surface area contributed by atoms with Crippen LogP contribution in [-0.4, -0.2) is 66.4 Å². The molecule has 0 radical (unpaired) electrons. The van der Waals surface area contributed by atoms with Crippen LogP contribution in [0, 0.1) is 5.92 Å². The van der Waals surface area contributed by atoms with Crippen molar-refractivity contribution in [3.05, 3.63) is 107 Å². The fourth-order valence-electron chi connectivity index (χ4n) is 6.82. The predicted molar refractivity (Wildman–Crippen MR) is 183 cm³/mol. The summed E-state index contributed by atoms with van der Waals surface area (Å²) in [5.74, 6) is -0.716. The number of rotatable bonds is 12. The van der Waals surface area contributed by atoms with Crippen LogP contribution < -0.4 is 18.9 Å². The van der Waals surface area contributed by atoms with E-state index in [1.165, 1.54) is 38.4 Å². The number of esters is 1. The third kappa shape index (κ3) is 7.56. The molecule has 2 aliphatic rings. The Morgan fingerprint density at radius 3 is 2.40 bits per heavy atom. The molecular weight excluding hydrogens is 638 g/mol. The Morgan fingerprint density at radius 2 is 1.70 bits per heavy atom. The molecule has 11 nitrogen and oxygen atoms in total. The maximum atomic E-state index is 14.2. The van der Waals surface area contributed by atoms with Gasteiger partial charge >= 0.3 is 5.97 Å². The van der Waals surface area contributed by atoms with Gasteiger partial charge in [0.15, 0.2) is 11.5 Å². The van der Waals surface area contributed by atoms with Gasteiger partial charge in [-0.3, -0.25) is 19.6 Å². The highest BCUT2D eigenvalue weighted by Gasteiger charge is 2.40. The van der Waals surface area contributed by atoms with Crippen molar-refractivity contribution >= 4 is 17.7 Å². The molecule has 1 fully saturated rings. The van der Waals surface area contributed by atoms with Crippen molar-refractivity contribution in [2.24, 2.45) is 5.92 Å². The molecule has 1 amide bonds. The monoisotopic (exact) mass is 679 g/mol. The normalized spacial score (nSPS) is 18.4. The molecule has 6 rings (SSSR count). The number of methoxy groups -OCH3 is 3. The molecule has 3 heterocycles. The molecule has 11 heteroatoms. The fraction of sp³-hybridized carbons (Fsp3) is 0.359. The number of carbonyl (C=O) groups excluding carboxylic acids is 3. The second-order valence-electron chi connectivity index (χ2n) is 12.4. The van der Waals surface area contributed by atoms with Crippen LogP contribution >= 0.6 is 0 Å². The molecule has 1 saturated heterocycles. The van der Waals surface area contributed by atoms with Gasteiger partial charge in [-0.1, -0.05) is 18.2 Å². The Hall–Kier alpha value is -5.45. The van der Waals surface area contributed by atoms with Crippen LogP contribution in [0.3, 0.4) is 0 Å². The van der Waals surface area contributed by atoms with Gasteiger partial charge in [0.05, 0.1) is 27.0 Å². The number of hydrogen-bond donors (Lipinski definition) is 0. The zero-order valence-corrected chi connectivity index (χ0v) is 28.5. The first-order valence-corrected chi connectivity index (χ1v) is 16.8. The van der Waals surface area contributed by atoms with Crippen LogP contribution in [0.1, 0.15) is 64.5 Å². The standard InChI is InChI=1S/C39H41N3O8/c1-46-33-20-28(21-34(47-2)37(33)48-3)35(43)38(44)42-18-7-5-11-32(42)39(45)50-36-27(19-25-9-8-16-40-23-25)13-12-26-14-15-30(22-31(26)36)49-24-29-10-4-6-17-41-29/h4,6,8-10,14-17,20-23,27,32,36H,5,7,11-13,18-19,24H2,1-3H3/t27-,32-,36+/m0/s1. The molecule has 50 heavy (non-hydrogen) atoms. The zero-order chi connectivity index (χ0) is 35.0. The van der Waals surface area contributed by atoms with Crippen molar-refractivity contribution in [3.63, 3.8) is 0 Å². The number of carbonyl (C=O) groups is 3. The minimum Gasteiger partial charge on any atom is -0.493 e. The largest absolute Gasteiger partial charge is 0.493 e. The number of likely N-dealkylation sites (tertiary alicyclic amines) is 1. The zero-order valence-electron chi connectivity index (χ0n) is 28.5. The summed E-state index contributed by atoms with van der Waals surface area (Å²) in [5.41, 5.74) is 3.85. The first kappa shape index (κ1) is 34.4. The van der Waals surface area contributed by atoms with Crippen molar-refractivity contribution in [3.8, 4) is 23.0 Å². The maximum absolute atomic E-state index is 14.2. The van der Waals surface area contributed by atoms with Gasteiger partial charge in [-0.15, -0.1) is 0 Å². The molecule has 0 saturated carbocycles. The van der Waals surface area contributed by atoms with Crippen LogP contribution in [0.15, 0.2) is 79.3 Å². The van der Waals surface area contributed by atoms with E-state index >= 15 is 0 Å². The number of piperidine rings is 1. The van der Waals surface area contributed by atoms with Crippen molar-refractivity contribution in [2.75, 3.05) is 27.9 Å². The highest BCUT2D eigenvalue weighted by Crippen LogP contribution is 2.42. The Kier molecular flexibility index (Phi) is 10.9. The minimum absolute atomic E-state index is 0.0460. The summed E-state index contributed by atoms with van der Waals surface area (Å²) >= 11 is 0. The van der Waals surface area contributed by atoms with Gasteiger partial charge in [-0.2, -0.15) is 0 Å². The summed E-state index contributed by atoms with van der Waals surface area (Å²) in [4.78, 5) is 51.6. The van der Waals surface area contributed by atoms with Crippen LogP contribution in [0.2, 0.25) is 0 Å². The minimum atomic E-state index is -0.921. The van der Waals surface area contributed by atoms with Gasteiger partial charge in [0.1, 0.15) is 24.5 Å². The maximum Gasteiger partial charge on any atom is 0.329 e. The molecule has 0 unspecified atom stereocenters. The summed E-state index contributed by atoms with van der Waals surface area (Å²) in [6.45, 7) is 0.545. The number of Topliss-reactive ketones (excluding diaryl/α,β-unsaturated/α-hetero) is 1. The van der Waals surface area contributed by atoms with E-state index in [9.17, 15) is 14.4 Å². The Bertz CT molecular complexity index is 1790. The van der Waals surface area contributed by atoms with Crippen molar-refractivity contribution in [1.29, 1.82) is 0 Å². The molecule has 0 N–H and O–H groups in total. The van der Waals surface area contributed by atoms with Crippen LogP contribution in [-0.2, 0) is 33.8 Å². The van der Waals surface area contributed by atoms with Crippen LogP contribution in [0.5, 0.6) is 23.0 Å². The van der Waals surface area contributed by atoms with E-state index in [1.807, 2.05) is 54.7 Å². The SMILES string of the molecule is COc1cc(C(=O)C(=O)N2CCCC[C@H]2C(=O)O[C@H]2c3cc(OCc4ccccn4)ccc3CC[C@H]2Cc2cccnc2)cc(OC)c1OC. The summed E-state index contributed by atoms with van der Waals surface area (Å²) in [7, 11) is 4.33. The second kappa shape index (κ2) is 15.8. The number of hydrogen-bond acceptors (Lipinski definition) is 10. The molecule has 2 aromatic heterocycles. The molecule has 3 atom stereocenters. The van der Waals surface area contributed by atoms with Gasteiger partial charge < -0.3 is 28.6 Å². The lowest BCUT2D eigenvalue weighted by atomic mass is 9.78. The number of fused-ring (bicyclic) bond motifs is 1. The summed E-state index contributed by atoms with van der Waals surface area (Å²) < 4.78 is 28.7. The Labute approximate surface area is 291 Å². The van der Waals surface area contributed by atoms with Crippen LogP contribution in [0.25, 0.3) is 0 Å². The number of pyridine rings is 2. The lowest BCUT2D eigenvalue weighted by molar-refractivity contribution is -0.163. The van der Waals surface area contributed by atoms with Crippen LogP contribution in [0.4, 0.5) is 0 Å². The highest BCUT2D eigenvalue weighted by atomic mass is 16.5. The smallest absolute Gasteiger partial charge is 0.329 e. The van der Waals surface area contributed by atoms with E-state index in [-0.39, 0.29) is 29.5 Å². The molecule has 1 aliphatic heterocycles. The number of nitrogens with zero attached hydrogens (tertiary/aromatic N) is 3. The third-order valence-corrected chi connectivity index (χ3v) is 9.37. The number of benzene rings is 2. The number of aryl methyl sites for hydroxylation is 1. The molecular formula is C39H41N3O8. The lowest BCUT2D eigenvalue weighted by Gasteiger charge is -2.37. The number of aromatic nitrogens is 2. The van der Waals surface area contributed by atoms with E-state index in [0.717, 1.165) is 35.2 Å². The molecule has 0 bridgehead atoms. The van der Waals surface area contributed by atoms with Gasteiger partial charge in [-0.25, -0.2) is 4.79 Å². The van der Waals surface area contributed by atoms with E-state index in [4.69, 9.17) is 23.7 Å². The second-order valence-corrected chi connectivity index (χ2v) is 12.4.